The topological polar surface area (TPSA) is 56.6 Å². The van der Waals surface area contributed by atoms with Gasteiger partial charge in [-0.2, -0.15) is 4.98 Å². The molecule has 7 heteroatoms. The minimum Gasteiger partial charge on any atom is -0.480 e. The molecule has 30 heavy (non-hydrogen) atoms. The highest BCUT2D eigenvalue weighted by Crippen LogP contribution is 2.27. The monoisotopic (exact) mass is 411 g/mol. The van der Waals surface area contributed by atoms with Crippen molar-refractivity contribution in [1.29, 1.82) is 0 Å². The van der Waals surface area contributed by atoms with Gasteiger partial charge < -0.3 is 18.9 Å². The Bertz CT molecular complexity index is 1020. The summed E-state index contributed by atoms with van der Waals surface area (Å²) < 4.78 is 25.6. The predicted octanol–water partition coefficient (Wildman–Crippen LogP) is 3.88. The number of nitrogens with zero attached hydrogens (tertiary/aromatic N) is 3. The van der Waals surface area contributed by atoms with Crippen LogP contribution >= 0.6 is 0 Å². The van der Waals surface area contributed by atoms with Crippen molar-refractivity contribution in [2.24, 2.45) is 5.92 Å². The number of piperidine rings is 1. The molecule has 1 fully saturated rings. The number of ether oxygens (including phenoxy) is 2. The lowest BCUT2D eigenvalue weighted by molar-refractivity contribution is 0.0686. The molecule has 1 amide bonds. The summed E-state index contributed by atoms with van der Waals surface area (Å²) in [5.41, 5.74) is 2.35. The van der Waals surface area contributed by atoms with Crippen molar-refractivity contribution in [3.05, 3.63) is 59.5 Å². The lowest BCUT2D eigenvalue weighted by atomic mass is 9.90. The average molecular weight is 411 g/mol. The molecule has 1 aromatic carbocycles. The molecular formula is C23H26FN3O3. The van der Waals surface area contributed by atoms with Crippen LogP contribution in [0.5, 0.6) is 5.88 Å². The zero-order chi connectivity index (χ0) is 21.1. The first-order valence-electron chi connectivity index (χ1n) is 10.2. The van der Waals surface area contributed by atoms with Crippen molar-refractivity contribution in [1.82, 2.24) is 14.5 Å². The summed E-state index contributed by atoms with van der Waals surface area (Å²) in [6.07, 6.45) is 4.64. The Hall–Kier alpha value is -2.93. The second-order valence-corrected chi connectivity index (χ2v) is 7.73. The van der Waals surface area contributed by atoms with Crippen molar-refractivity contribution >= 4 is 16.9 Å². The Morgan fingerprint density at radius 1 is 1.17 bits per heavy atom. The summed E-state index contributed by atoms with van der Waals surface area (Å²) >= 11 is 0. The van der Waals surface area contributed by atoms with Gasteiger partial charge in [0.25, 0.3) is 5.91 Å². The van der Waals surface area contributed by atoms with Gasteiger partial charge in [0.2, 0.25) is 5.88 Å². The van der Waals surface area contributed by atoms with Crippen LogP contribution in [0.2, 0.25) is 0 Å². The van der Waals surface area contributed by atoms with Crippen LogP contribution in [0.25, 0.3) is 11.0 Å². The van der Waals surface area contributed by atoms with E-state index in [4.69, 9.17) is 9.47 Å². The highest BCUT2D eigenvalue weighted by Gasteiger charge is 2.27. The van der Waals surface area contributed by atoms with Gasteiger partial charge in [0, 0.05) is 31.8 Å². The Morgan fingerprint density at radius 3 is 2.57 bits per heavy atom. The SMILES string of the molecule is COCn1ccc2cc(C(=O)N3CCC(Cc4ccc(F)cc4)CC3)c(OC)nc21. The van der Waals surface area contributed by atoms with E-state index in [2.05, 4.69) is 4.98 Å². The standard InChI is InChI=1S/C23H26FN3O3/c1-29-15-27-12-9-18-14-20(22(30-2)25-21(18)27)23(28)26-10-7-17(8-11-26)13-16-3-5-19(24)6-4-16/h3-6,9,12,14,17H,7-8,10-11,13,15H2,1-2H3. The largest absolute Gasteiger partial charge is 0.480 e. The van der Waals surface area contributed by atoms with Gasteiger partial charge in [0.05, 0.1) is 7.11 Å². The molecule has 6 nitrogen and oxygen atoms in total. The number of amides is 1. The van der Waals surface area contributed by atoms with Crippen molar-refractivity contribution in [3.63, 3.8) is 0 Å². The molecule has 0 N–H and O–H groups in total. The fourth-order valence-electron chi connectivity index (χ4n) is 4.11. The second-order valence-electron chi connectivity index (χ2n) is 7.73. The van der Waals surface area contributed by atoms with Crippen LogP contribution in [-0.2, 0) is 17.9 Å². The van der Waals surface area contributed by atoms with E-state index in [1.165, 1.54) is 19.2 Å². The number of aromatic nitrogens is 2. The number of pyridine rings is 1. The molecule has 3 aromatic rings. The molecule has 0 aliphatic carbocycles. The predicted molar refractivity (Wildman–Crippen MR) is 112 cm³/mol. The van der Waals surface area contributed by atoms with Crippen molar-refractivity contribution in [2.75, 3.05) is 27.3 Å². The smallest absolute Gasteiger partial charge is 0.259 e. The number of hydrogen-bond acceptors (Lipinski definition) is 4. The van der Waals surface area contributed by atoms with Crippen LogP contribution < -0.4 is 4.74 Å². The lowest BCUT2D eigenvalue weighted by Gasteiger charge is -2.32. The fraction of sp³-hybridized carbons (Fsp3) is 0.391. The van der Waals surface area contributed by atoms with E-state index in [-0.39, 0.29) is 11.7 Å². The molecule has 1 aliphatic rings. The van der Waals surface area contributed by atoms with E-state index in [0.717, 1.165) is 35.9 Å². The number of halogens is 1. The zero-order valence-electron chi connectivity index (χ0n) is 17.3. The number of carbonyl (C=O) groups is 1. The summed E-state index contributed by atoms with van der Waals surface area (Å²) in [5, 5.41) is 0.877. The quantitative estimate of drug-likeness (QED) is 0.618. The first-order valence-corrected chi connectivity index (χ1v) is 10.2. The highest BCUT2D eigenvalue weighted by molar-refractivity contribution is 5.99. The van der Waals surface area contributed by atoms with Gasteiger partial charge in [0.1, 0.15) is 23.8 Å². The third-order valence-electron chi connectivity index (χ3n) is 5.73. The number of methoxy groups -OCH3 is 2. The van der Waals surface area contributed by atoms with Crippen molar-refractivity contribution in [2.45, 2.75) is 26.0 Å². The van der Waals surface area contributed by atoms with Gasteiger partial charge >= 0.3 is 0 Å². The van der Waals surface area contributed by atoms with Gasteiger partial charge in [-0.3, -0.25) is 4.79 Å². The van der Waals surface area contributed by atoms with E-state index in [0.29, 0.717) is 37.2 Å². The number of benzene rings is 1. The highest BCUT2D eigenvalue weighted by atomic mass is 19.1. The zero-order valence-corrected chi connectivity index (χ0v) is 17.3. The molecule has 2 aromatic heterocycles. The van der Waals surface area contributed by atoms with Gasteiger partial charge in [-0.05, 0) is 55.0 Å². The first-order chi connectivity index (χ1) is 14.6. The normalized spacial score (nSPS) is 15.0. The van der Waals surface area contributed by atoms with Crippen molar-refractivity contribution < 1.29 is 18.7 Å². The van der Waals surface area contributed by atoms with Crippen LogP contribution in [0.4, 0.5) is 4.39 Å². The molecule has 4 rings (SSSR count). The van der Waals surface area contributed by atoms with Gasteiger partial charge in [-0.1, -0.05) is 12.1 Å². The molecule has 0 saturated carbocycles. The minimum absolute atomic E-state index is 0.0547. The summed E-state index contributed by atoms with van der Waals surface area (Å²) in [5.74, 6) is 0.555. The van der Waals surface area contributed by atoms with E-state index in [1.54, 1.807) is 7.11 Å². The maximum atomic E-state index is 13.2. The Morgan fingerprint density at radius 2 is 1.90 bits per heavy atom. The van der Waals surface area contributed by atoms with Gasteiger partial charge in [0.15, 0.2) is 0 Å². The minimum atomic E-state index is -0.212. The fourth-order valence-corrected chi connectivity index (χ4v) is 4.11. The number of likely N-dealkylation sites (tertiary alicyclic amines) is 1. The third kappa shape index (κ3) is 4.16. The van der Waals surface area contributed by atoms with E-state index in [1.807, 2.05) is 39.9 Å². The molecule has 0 radical (unpaired) electrons. The van der Waals surface area contributed by atoms with E-state index < -0.39 is 0 Å². The Labute approximate surface area is 175 Å². The van der Waals surface area contributed by atoms with Crippen LogP contribution in [0, 0.1) is 11.7 Å². The lowest BCUT2D eigenvalue weighted by Crippen LogP contribution is -2.39. The number of fused-ring (bicyclic) bond motifs is 1. The molecule has 1 saturated heterocycles. The molecule has 0 atom stereocenters. The third-order valence-corrected chi connectivity index (χ3v) is 5.73. The molecule has 1 aliphatic heterocycles. The maximum absolute atomic E-state index is 13.2. The Balaban J connectivity index is 1.45. The number of carbonyl (C=O) groups excluding carboxylic acids is 1. The summed E-state index contributed by atoms with van der Waals surface area (Å²) in [7, 11) is 3.16. The van der Waals surface area contributed by atoms with Crippen LogP contribution in [0.3, 0.4) is 0 Å². The van der Waals surface area contributed by atoms with Gasteiger partial charge in [-0.15, -0.1) is 0 Å². The summed E-state index contributed by atoms with van der Waals surface area (Å²) in [6.45, 7) is 1.77. The summed E-state index contributed by atoms with van der Waals surface area (Å²) in [4.78, 5) is 19.6. The molecule has 3 heterocycles. The van der Waals surface area contributed by atoms with Gasteiger partial charge in [-0.25, -0.2) is 4.39 Å². The second kappa shape index (κ2) is 8.83. The molecule has 158 valence electrons. The Kier molecular flexibility index (Phi) is 5.99. The van der Waals surface area contributed by atoms with Crippen molar-refractivity contribution in [3.8, 4) is 5.88 Å². The van der Waals surface area contributed by atoms with Crippen LogP contribution in [0.1, 0.15) is 28.8 Å². The average Bonchev–Trinajstić information content (AvgIpc) is 3.16. The molecule has 0 spiro atoms. The van der Waals surface area contributed by atoms with E-state index >= 15 is 0 Å². The maximum Gasteiger partial charge on any atom is 0.259 e. The molecule has 0 unspecified atom stereocenters. The summed E-state index contributed by atoms with van der Waals surface area (Å²) in [6, 6.07) is 10.5. The molecule has 0 bridgehead atoms. The number of hydrogen-bond donors (Lipinski definition) is 0. The first kappa shape index (κ1) is 20.3. The van der Waals surface area contributed by atoms with E-state index in [9.17, 15) is 9.18 Å². The van der Waals surface area contributed by atoms with Crippen LogP contribution in [0.15, 0.2) is 42.6 Å². The number of rotatable bonds is 6. The molecular weight excluding hydrogens is 385 g/mol. The van der Waals surface area contributed by atoms with Crippen LogP contribution in [-0.4, -0.2) is 47.7 Å².